The second-order valence-electron chi connectivity index (χ2n) is 29.6. The minimum atomic E-state index is -1.53. The van der Waals surface area contributed by atoms with Crippen LogP contribution in [0.25, 0.3) is 0 Å². The number of aliphatic hydroxyl groups excluding tert-OH is 1. The van der Waals surface area contributed by atoms with E-state index in [1.165, 1.54) is 90.6 Å². The van der Waals surface area contributed by atoms with Crippen molar-refractivity contribution in [3.05, 3.63) is 18.2 Å². The fourth-order valence-corrected chi connectivity index (χ4v) is 12.7. The molecule has 2 rings (SSSR count). The van der Waals surface area contributed by atoms with Gasteiger partial charge in [0.25, 0.3) is 0 Å². The smallest absolute Gasteiger partial charge is 0.246 e. The van der Waals surface area contributed by atoms with Crippen LogP contribution in [-0.4, -0.2) is 236 Å². The number of aromatic nitrogens is 2. The zero-order valence-corrected chi connectivity index (χ0v) is 61.8. The lowest BCUT2D eigenvalue weighted by Crippen LogP contribution is -2.62. The molecule has 0 radical (unpaired) electrons. The first kappa shape index (κ1) is 83.0. The Morgan fingerprint density at radius 3 is 1.41 bits per heavy atom. The maximum atomic E-state index is 15.5. The number of hydrogen-bond donors (Lipinski definition) is 2. The van der Waals surface area contributed by atoms with Gasteiger partial charge in [0.1, 0.15) is 36.3 Å². The molecule has 0 spiro atoms. The molecule has 1 fully saturated rings. The minimum absolute atomic E-state index is 0.0735. The summed E-state index contributed by atoms with van der Waals surface area (Å²) in [6, 6.07) is -9.39. The van der Waals surface area contributed by atoms with Crippen LogP contribution in [0.3, 0.4) is 0 Å². The largest absolute Gasteiger partial charge is 0.390 e. The highest BCUT2D eigenvalue weighted by Gasteiger charge is 2.46. The van der Waals surface area contributed by atoms with E-state index in [1.807, 2.05) is 87.9 Å². The van der Waals surface area contributed by atoms with Crippen LogP contribution in [0.15, 0.2) is 12.5 Å². The minimum Gasteiger partial charge on any atom is -0.390 e. The van der Waals surface area contributed by atoms with E-state index in [9.17, 15) is 38.7 Å². The SMILES string of the molecule is CC[C@H]1CC(=O)[C@@H]([C@H](O)[C@H](C)CCN(C)Cc2cncn2C)N(C)C(=O)[C@@H](C(C)C)N(C)C(=O)[C@@H](CC(C)C)N(C)C(=O)[C@@H](CC(C)C)N(C)C(=O)[C@H](C)NC(=O)[C@@H](C)CC(=O)[C@@H](CC(C)C)N(C)C(=O)[C@@H](C(C)C)CC(=O)[C@H](CC(C)C)N(C)C(=O)[C@@H](C)N(C)C1=O. The standard InChI is InChI=1S/C70H123N11O12/c1-27-50-35-59(84)61(62(85)46(14)28-29-73(18)38-51-37-71-39-74(51)19)81(26)70(93)60(45(12)13)80(25)69(92)56(33-43(8)9)79(24)68(91)55(32-42(6)7)78(23)64(87)48(16)72-63(86)47(15)34-57(82)53(30-40(2)3)77(22)67(90)52(44(10)11)36-58(83)54(31-41(4)5)76(21)65(88)49(17)75(20)66(50)89/h37,39-50,52-56,60-62,85H,27-36,38H2,1-26H3,(H,72,86)/t46-,47+,48+,49-,50+,52-,53-,54+,55-,56-,60-,61+,62-/m1/s1. The van der Waals surface area contributed by atoms with Gasteiger partial charge in [0.15, 0.2) is 17.3 Å². The van der Waals surface area contributed by atoms with Gasteiger partial charge in [-0.25, -0.2) is 4.98 Å². The number of nitrogens with one attached hydrogen (secondary N) is 1. The summed E-state index contributed by atoms with van der Waals surface area (Å²) in [4.78, 5) is 179. The van der Waals surface area contributed by atoms with Crippen molar-refractivity contribution in [1.82, 2.24) is 54.1 Å². The summed E-state index contributed by atoms with van der Waals surface area (Å²) in [5, 5.41) is 15.3. The van der Waals surface area contributed by atoms with Crippen molar-refractivity contribution in [2.24, 2.45) is 66.2 Å². The predicted octanol–water partition coefficient (Wildman–Crippen LogP) is 6.22. The van der Waals surface area contributed by atoms with Crippen LogP contribution in [0, 0.1) is 59.2 Å². The highest BCUT2D eigenvalue weighted by Crippen LogP contribution is 2.30. The number of aryl methyl sites for hydroxylation is 1. The van der Waals surface area contributed by atoms with Gasteiger partial charge in [-0.15, -0.1) is 0 Å². The predicted molar refractivity (Wildman–Crippen MR) is 361 cm³/mol. The fraction of sp³-hybridized carbons (Fsp3) is 0.800. The molecule has 1 aliphatic heterocycles. The summed E-state index contributed by atoms with van der Waals surface area (Å²) in [5.74, 6) is -11.0. The van der Waals surface area contributed by atoms with Crippen LogP contribution in [0.2, 0.25) is 0 Å². The lowest BCUT2D eigenvalue weighted by molar-refractivity contribution is -0.157. The second kappa shape index (κ2) is 37.3. The number of hydrogen-bond acceptors (Lipinski definition) is 14. The number of carbonyl (C=O) groups is 11. The van der Waals surface area contributed by atoms with Gasteiger partial charge in [-0.3, -0.25) is 52.7 Å². The van der Waals surface area contributed by atoms with Crippen molar-refractivity contribution >= 4 is 64.6 Å². The van der Waals surface area contributed by atoms with Crippen molar-refractivity contribution in [3.8, 4) is 0 Å². The molecule has 0 aliphatic carbocycles. The molecule has 0 bridgehead atoms. The topological polar surface area (TPSA) is 264 Å². The summed E-state index contributed by atoms with van der Waals surface area (Å²) < 4.78 is 1.90. The Morgan fingerprint density at radius 1 is 0.516 bits per heavy atom. The molecule has 0 saturated carbocycles. The first-order valence-electron chi connectivity index (χ1n) is 34.0. The van der Waals surface area contributed by atoms with E-state index in [0.717, 1.165) is 5.69 Å². The lowest BCUT2D eigenvalue weighted by atomic mass is 9.84. The highest BCUT2D eigenvalue weighted by atomic mass is 16.3. The Hall–Kier alpha value is -6.10. The molecule has 23 heteroatoms. The van der Waals surface area contributed by atoms with E-state index >= 15 is 19.2 Å². The molecule has 1 aromatic heterocycles. The van der Waals surface area contributed by atoms with Crippen molar-refractivity contribution in [2.45, 2.75) is 236 Å². The Kier molecular flexibility index (Phi) is 33.3. The van der Waals surface area contributed by atoms with Crippen LogP contribution < -0.4 is 5.32 Å². The summed E-state index contributed by atoms with van der Waals surface area (Å²) >= 11 is 0. The molecule has 93 heavy (non-hydrogen) atoms. The van der Waals surface area contributed by atoms with Crippen LogP contribution in [-0.2, 0) is 66.3 Å². The molecule has 23 nitrogen and oxygen atoms in total. The second-order valence-corrected chi connectivity index (χ2v) is 29.6. The van der Waals surface area contributed by atoms with Gasteiger partial charge in [0.05, 0.1) is 30.2 Å². The molecule has 530 valence electrons. The molecule has 0 unspecified atom stereocenters. The summed E-state index contributed by atoms with van der Waals surface area (Å²) in [6.07, 6.45) is 2.31. The number of Topliss-reactive ketones (excluding diaryl/α,β-unsaturated/α-hetero) is 3. The van der Waals surface area contributed by atoms with Gasteiger partial charge in [-0.05, 0) is 107 Å². The molecule has 8 amide bonds. The molecular formula is C70H123N11O12. The quantitative estimate of drug-likeness (QED) is 0.165. The normalized spacial score (nSPS) is 26.7. The molecule has 1 saturated heterocycles. The van der Waals surface area contributed by atoms with Crippen molar-refractivity contribution in [3.63, 3.8) is 0 Å². The average molecular weight is 1310 g/mol. The van der Waals surface area contributed by atoms with Crippen molar-refractivity contribution in [2.75, 3.05) is 62.9 Å². The zero-order valence-electron chi connectivity index (χ0n) is 61.8. The molecule has 2 heterocycles. The maximum Gasteiger partial charge on any atom is 0.246 e. The van der Waals surface area contributed by atoms with Crippen LogP contribution in [0.4, 0.5) is 0 Å². The van der Waals surface area contributed by atoms with E-state index in [2.05, 4.69) is 15.2 Å². The van der Waals surface area contributed by atoms with Gasteiger partial charge >= 0.3 is 0 Å². The molecule has 2 N–H and O–H groups in total. The Balaban J connectivity index is 3.01. The molecule has 0 aromatic carbocycles. The third kappa shape index (κ3) is 22.8. The molecular weight excluding hydrogens is 1190 g/mol. The number of carbonyl (C=O) groups excluding carboxylic acids is 11. The maximum absolute atomic E-state index is 15.5. The van der Waals surface area contributed by atoms with E-state index in [4.69, 9.17) is 0 Å². The van der Waals surface area contributed by atoms with Crippen LogP contribution >= 0.6 is 0 Å². The number of ketones is 3. The number of aliphatic hydroxyl groups is 1. The summed E-state index contributed by atoms with van der Waals surface area (Å²) in [6.45, 7) is 31.5. The van der Waals surface area contributed by atoms with Gasteiger partial charge < -0.3 is 54.2 Å². The zero-order chi connectivity index (χ0) is 71.7. The number of nitrogens with zero attached hydrogens (tertiary/aromatic N) is 10. The molecule has 1 aliphatic rings. The highest BCUT2D eigenvalue weighted by molar-refractivity contribution is 6.00. The average Bonchev–Trinajstić information content (AvgIpc) is 1.22. The third-order valence-corrected chi connectivity index (χ3v) is 19.1. The first-order valence-corrected chi connectivity index (χ1v) is 34.0. The van der Waals surface area contributed by atoms with E-state index in [0.29, 0.717) is 19.5 Å². The third-order valence-electron chi connectivity index (χ3n) is 19.1. The number of imidazole rings is 1. The van der Waals surface area contributed by atoms with E-state index in [-0.39, 0.29) is 74.4 Å². The summed E-state index contributed by atoms with van der Waals surface area (Å²) in [7, 11) is 14.1. The van der Waals surface area contributed by atoms with Crippen LogP contribution in [0.5, 0.6) is 0 Å². The van der Waals surface area contributed by atoms with E-state index in [1.54, 1.807) is 54.1 Å². The molecule has 1 aromatic rings. The van der Waals surface area contributed by atoms with Crippen molar-refractivity contribution < 1.29 is 57.8 Å². The summed E-state index contributed by atoms with van der Waals surface area (Å²) in [5.41, 5.74) is 0.956. The fourth-order valence-electron chi connectivity index (χ4n) is 12.7. The lowest BCUT2D eigenvalue weighted by Gasteiger charge is -2.42. The molecule has 13 atom stereocenters. The van der Waals surface area contributed by atoms with Gasteiger partial charge in [-0.2, -0.15) is 0 Å². The number of rotatable bonds is 18. The Morgan fingerprint density at radius 2 is 0.957 bits per heavy atom. The van der Waals surface area contributed by atoms with Gasteiger partial charge in [0.2, 0.25) is 47.3 Å². The first-order chi connectivity index (χ1) is 43.0. The van der Waals surface area contributed by atoms with Gasteiger partial charge in [-0.1, -0.05) is 104 Å². The monoisotopic (exact) mass is 1310 g/mol. The number of likely N-dealkylation sites (N-methyl/N-ethyl adjacent to an activating group) is 7. The Bertz CT molecular complexity index is 2690. The Labute approximate surface area is 558 Å². The van der Waals surface area contributed by atoms with Gasteiger partial charge in [0, 0.05) is 106 Å². The van der Waals surface area contributed by atoms with Crippen LogP contribution in [0.1, 0.15) is 181 Å². The van der Waals surface area contributed by atoms with Crippen molar-refractivity contribution in [1.29, 1.82) is 0 Å². The number of amides is 8. The van der Waals surface area contributed by atoms with E-state index < -0.39 is 155 Å².